The zero-order valence-electron chi connectivity index (χ0n) is 12.3. The van der Waals surface area contributed by atoms with Gasteiger partial charge >= 0.3 is 5.97 Å². The maximum atomic E-state index is 11.6. The van der Waals surface area contributed by atoms with E-state index in [1.807, 2.05) is 12.1 Å². The molecule has 0 unspecified atom stereocenters. The van der Waals surface area contributed by atoms with Gasteiger partial charge in [-0.05, 0) is 19.1 Å². The Labute approximate surface area is 123 Å². The summed E-state index contributed by atoms with van der Waals surface area (Å²) in [6.07, 6.45) is 0. The van der Waals surface area contributed by atoms with Crippen molar-refractivity contribution in [3.05, 3.63) is 40.2 Å². The van der Waals surface area contributed by atoms with Gasteiger partial charge in [0.05, 0.1) is 22.9 Å². The number of hydrogen-bond donors (Lipinski definition) is 0. The topological polar surface area (TPSA) is 39.2 Å². The van der Waals surface area contributed by atoms with Crippen LogP contribution in [0.25, 0.3) is 11.3 Å². The molecule has 0 saturated heterocycles. The Morgan fingerprint density at radius 2 is 1.90 bits per heavy atom. The lowest BCUT2D eigenvalue weighted by atomic mass is 9.98. The Morgan fingerprint density at radius 3 is 2.40 bits per heavy atom. The molecular formula is C16H19NO2S. The average molecular weight is 289 g/mol. The van der Waals surface area contributed by atoms with Gasteiger partial charge in [0.1, 0.15) is 0 Å². The van der Waals surface area contributed by atoms with Gasteiger partial charge in [-0.2, -0.15) is 0 Å². The van der Waals surface area contributed by atoms with E-state index in [0.29, 0.717) is 12.2 Å². The molecule has 0 radical (unpaired) electrons. The third kappa shape index (κ3) is 3.25. The molecule has 0 N–H and O–H groups in total. The van der Waals surface area contributed by atoms with Gasteiger partial charge in [-0.15, -0.1) is 11.3 Å². The molecule has 0 aliphatic rings. The minimum atomic E-state index is -0.285. The Bertz CT molecular complexity index is 594. The van der Waals surface area contributed by atoms with E-state index in [-0.39, 0.29) is 11.4 Å². The zero-order valence-corrected chi connectivity index (χ0v) is 13.1. The van der Waals surface area contributed by atoms with Crippen molar-refractivity contribution >= 4 is 17.3 Å². The lowest BCUT2D eigenvalue weighted by molar-refractivity contribution is 0.0526. The highest BCUT2D eigenvalue weighted by Gasteiger charge is 2.18. The van der Waals surface area contributed by atoms with Gasteiger partial charge in [0.2, 0.25) is 0 Å². The van der Waals surface area contributed by atoms with Crippen molar-refractivity contribution in [3.63, 3.8) is 0 Å². The van der Waals surface area contributed by atoms with Crippen LogP contribution in [0.15, 0.2) is 29.6 Å². The van der Waals surface area contributed by atoms with Crippen molar-refractivity contribution in [1.29, 1.82) is 0 Å². The monoisotopic (exact) mass is 289 g/mol. The molecule has 2 rings (SSSR count). The molecular weight excluding hydrogens is 270 g/mol. The lowest BCUT2D eigenvalue weighted by Crippen LogP contribution is -2.10. The number of esters is 1. The molecule has 0 bridgehead atoms. The molecule has 0 spiro atoms. The van der Waals surface area contributed by atoms with Crippen molar-refractivity contribution in [1.82, 2.24) is 4.98 Å². The van der Waals surface area contributed by atoms with Crippen LogP contribution in [0, 0.1) is 0 Å². The number of ether oxygens (including phenoxy) is 1. The van der Waals surface area contributed by atoms with Crippen LogP contribution in [0.3, 0.4) is 0 Å². The van der Waals surface area contributed by atoms with Crippen LogP contribution in [0.5, 0.6) is 0 Å². The number of hydrogen-bond acceptors (Lipinski definition) is 4. The van der Waals surface area contributed by atoms with Gasteiger partial charge in [-0.25, -0.2) is 9.78 Å². The van der Waals surface area contributed by atoms with Crippen LogP contribution < -0.4 is 0 Å². The number of thiazole rings is 1. The summed E-state index contributed by atoms with van der Waals surface area (Å²) >= 11 is 1.67. The van der Waals surface area contributed by atoms with E-state index in [9.17, 15) is 4.79 Å². The lowest BCUT2D eigenvalue weighted by Gasteiger charge is -2.13. The Hall–Kier alpha value is -1.68. The van der Waals surface area contributed by atoms with E-state index in [1.165, 1.54) is 0 Å². The van der Waals surface area contributed by atoms with E-state index in [4.69, 9.17) is 4.74 Å². The first-order chi connectivity index (χ1) is 9.41. The van der Waals surface area contributed by atoms with Gasteiger partial charge in [0.25, 0.3) is 0 Å². The maximum absolute atomic E-state index is 11.6. The van der Waals surface area contributed by atoms with Gasteiger partial charge in [0, 0.05) is 16.4 Å². The second kappa shape index (κ2) is 5.75. The van der Waals surface area contributed by atoms with E-state index in [1.54, 1.807) is 30.4 Å². The Balaban J connectivity index is 2.22. The molecule has 0 atom stereocenters. The highest BCUT2D eigenvalue weighted by atomic mass is 32.1. The standard InChI is InChI=1S/C16H19NO2S/c1-5-19-14(18)12-8-6-11(7-9-12)13-10-20-15(17-13)16(2,3)4/h6-10H,5H2,1-4H3. The number of carbonyl (C=O) groups excluding carboxylic acids is 1. The molecule has 1 aromatic heterocycles. The summed E-state index contributed by atoms with van der Waals surface area (Å²) in [6.45, 7) is 8.65. The number of nitrogens with zero attached hydrogens (tertiary/aromatic N) is 1. The predicted octanol–water partition coefficient (Wildman–Crippen LogP) is 4.28. The number of aromatic nitrogens is 1. The number of rotatable bonds is 3. The first-order valence-electron chi connectivity index (χ1n) is 6.65. The summed E-state index contributed by atoms with van der Waals surface area (Å²) in [7, 11) is 0. The van der Waals surface area contributed by atoms with E-state index >= 15 is 0 Å². The van der Waals surface area contributed by atoms with Gasteiger partial charge in [-0.1, -0.05) is 32.9 Å². The molecule has 0 amide bonds. The van der Waals surface area contributed by atoms with Crippen LogP contribution in [0.2, 0.25) is 0 Å². The van der Waals surface area contributed by atoms with Crippen molar-refractivity contribution in [2.45, 2.75) is 33.1 Å². The quantitative estimate of drug-likeness (QED) is 0.791. The molecule has 20 heavy (non-hydrogen) atoms. The molecule has 0 fully saturated rings. The van der Waals surface area contributed by atoms with Crippen molar-refractivity contribution in [3.8, 4) is 11.3 Å². The van der Waals surface area contributed by atoms with E-state index in [2.05, 4.69) is 31.1 Å². The Kier molecular flexibility index (Phi) is 4.23. The van der Waals surface area contributed by atoms with Gasteiger partial charge in [-0.3, -0.25) is 0 Å². The minimum Gasteiger partial charge on any atom is -0.462 e. The second-order valence-electron chi connectivity index (χ2n) is 5.59. The van der Waals surface area contributed by atoms with E-state index < -0.39 is 0 Å². The van der Waals surface area contributed by atoms with Crippen molar-refractivity contribution in [2.75, 3.05) is 6.61 Å². The third-order valence-corrected chi connectivity index (χ3v) is 4.11. The summed E-state index contributed by atoms with van der Waals surface area (Å²) in [4.78, 5) is 16.3. The SMILES string of the molecule is CCOC(=O)c1ccc(-c2csc(C(C)(C)C)n2)cc1. The zero-order chi connectivity index (χ0) is 14.8. The highest BCUT2D eigenvalue weighted by Crippen LogP contribution is 2.29. The third-order valence-electron chi connectivity index (χ3n) is 2.84. The minimum absolute atomic E-state index is 0.0633. The first kappa shape index (κ1) is 14.7. The number of carbonyl (C=O) groups is 1. The maximum Gasteiger partial charge on any atom is 0.338 e. The fourth-order valence-corrected chi connectivity index (χ4v) is 2.66. The summed E-state index contributed by atoms with van der Waals surface area (Å²) < 4.78 is 4.97. The molecule has 0 saturated carbocycles. The summed E-state index contributed by atoms with van der Waals surface area (Å²) in [5.74, 6) is -0.285. The fraction of sp³-hybridized carbons (Fsp3) is 0.375. The molecule has 106 valence electrons. The normalized spacial score (nSPS) is 11.4. The predicted molar refractivity (Wildman–Crippen MR) is 82.2 cm³/mol. The second-order valence-corrected chi connectivity index (χ2v) is 6.44. The molecule has 2 aromatic rings. The summed E-state index contributed by atoms with van der Waals surface area (Å²) in [5, 5.41) is 3.17. The smallest absolute Gasteiger partial charge is 0.338 e. The van der Waals surface area contributed by atoms with Crippen LogP contribution in [-0.4, -0.2) is 17.6 Å². The van der Waals surface area contributed by atoms with Gasteiger partial charge < -0.3 is 4.74 Å². The molecule has 0 aliphatic heterocycles. The van der Waals surface area contributed by atoms with E-state index in [0.717, 1.165) is 16.3 Å². The molecule has 1 heterocycles. The molecule has 1 aromatic carbocycles. The van der Waals surface area contributed by atoms with Crippen LogP contribution in [-0.2, 0) is 10.2 Å². The van der Waals surface area contributed by atoms with Crippen LogP contribution in [0.1, 0.15) is 43.1 Å². The summed E-state index contributed by atoms with van der Waals surface area (Å²) in [6, 6.07) is 7.38. The largest absolute Gasteiger partial charge is 0.462 e. The highest BCUT2D eigenvalue weighted by molar-refractivity contribution is 7.10. The Morgan fingerprint density at radius 1 is 1.25 bits per heavy atom. The molecule has 4 heteroatoms. The van der Waals surface area contributed by atoms with Crippen LogP contribution in [0.4, 0.5) is 0 Å². The number of benzene rings is 1. The average Bonchev–Trinajstić information content (AvgIpc) is 2.89. The van der Waals surface area contributed by atoms with Gasteiger partial charge in [0.15, 0.2) is 0 Å². The van der Waals surface area contributed by atoms with Crippen molar-refractivity contribution in [2.24, 2.45) is 0 Å². The summed E-state index contributed by atoms with van der Waals surface area (Å²) in [5.41, 5.74) is 2.61. The van der Waals surface area contributed by atoms with Crippen LogP contribution >= 0.6 is 11.3 Å². The molecule has 0 aliphatic carbocycles. The first-order valence-corrected chi connectivity index (χ1v) is 7.53. The molecule has 3 nitrogen and oxygen atoms in total. The fourth-order valence-electron chi connectivity index (χ4n) is 1.74. The van der Waals surface area contributed by atoms with Crippen molar-refractivity contribution < 1.29 is 9.53 Å².